The third-order valence-electron chi connectivity index (χ3n) is 2.78. The van der Waals surface area contributed by atoms with Crippen molar-refractivity contribution in [1.29, 1.82) is 0 Å². The zero-order valence-electron chi connectivity index (χ0n) is 10.9. The monoisotopic (exact) mass is 274 g/mol. The predicted molar refractivity (Wildman–Crippen MR) is 73.1 cm³/mol. The van der Waals surface area contributed by atoms with Crippen LogP contribution in [0.4, 0.5) is 11.4 Å². The molecule has 2 aromatic rings. The number of aromatic nitrogens is 2. The number of rotatable bonds is 5. The van der Waals surface area contributed by atoms with Crippen LogP contribution in [-0.4, -0.2) is 20.6 Å². The van der Waals surface area contributed by atoms with Gasteiger partial charge < -0.3 is 5.32 Å². The van der Waals surface area contributed by atoms with E-state index in [0.717, 1.165) is 5.69 Å². The van der Waals surface area contributed by atoms with Crippen LogP contribution in [0.25, 0.3) is 0 Å². The van der Waals surface area contributed by atoms with E-state index in [1.807, 2.05) is 18.2 Å². The average Bonchev–Trinajstić information content (AvgIpc) is 2.88. The summed E-state index contributed by atoms with van der Waals surface area (Å²) in [6.45, 7) is 2.03. The molecule has 7 heteroatoms. The third kappa shape index (κ3) is 3.41. The first-order valence-electron chi connectivity index (χ1n) is 6.09. The second-order valence-electron chi connectivity index (χ2n) is 4.43. The Labute approximate surface area is 115 Å². The fourth-order valence-corrected chi connectivity index (χ4v) is 1.70. The second kappa shape index (κ2) is 5.96. The van der Waals surface area contributed by atoms with E-state index in [4.69, 9.17) is 0 Å². The van der Waals surface area contributed by atoms with Crippen LogP contribution in [0.1, 0.15) is 6.92 Å². The van der Waals surface area contributed by atoms with Gasteiger partial charge >= 0.3 is 5.69 Å². The molecule has 0 fully saturated rings. The Morgan fingerprint density at radius 3 is 2.75 bits per heavy atom. The molecule has 1 amide bonds. The van der Waals surface area contributed by atoms with Gasteiger partial charge in [-0.3, -0.25) is 19.6 Å². The smallest absolute Gasteiger partial charge is 0.306 e. The first-order valence-corrected chi connectivity index (χ1v) is 6.09. The number of amides is 1. The minimum atomic E-state index is -0.516. The van der Waals surface area contributed by atoms with Crippen molar-refractivity contribution in [2.45, 2.75) is 13.5 Å². The fraction of sp³-hybridized carbons (Fsp3) is 0.231. The van der Waals surface area contributed by atoms with Crippen molar-refractivity contribution in [2.24, 2.45) is 5.92 Å². The molecule has 0 aliphatic carbocycles. The zero-order valence-corrected chi connectivity index (χ0v) is 10.9. The lowest BCUT2D eigenvalue weighted by Gasteiger charge is -2.11. The van der Waals surface area contributed by atoms with Gasteiger partial charge in [0.2, 0.25) is 5.91 Å². The minimum absolute atomic E-state index is 0.0827. The van der Waals surface area contributed by atoms with Crippen molar-refractivity contribution in [3.8, 4) is 0 Å². The molecule has 1 N–H and O–H groups in total. The first-order chi connectivity index (χ1) is 9.56. The van der Waals surface area contributed by atoms with Gasteiger partial charge in [-0.05, 0) is 12.1 Å². The van der Waals surface area contributed by atoms with Crippen LogP contribution in [-0.2, 0) is 11.3 Å². The molecule has 0 spiro atoms. The Morgan fingerprint density at radius 2 is 2.15 bits per heavy atom. The van der Waals surface area contributed by atoms with Crippen LogP contribution in [0.2, 0.25) is 0 Å². The highest BCUT2D eigenvalue weighted by molar-refractivity contribution is 5.92. The summed E-state index contributed by atoms with van der Waals surface area (Å²) in [7, 11) is 0. The molecule has 0 aliphatic rings. The molecular formula is C13H14N4O3. The van der Waals surface area contributed by atoms with E-state index < -0.39 is 4.92 Å². The average molecular weight is 274 g/mol. The molecule has 0 radical (unpaired) electrons. The van der Waals surface area contributed by atoms with Gasteiger partial charge in [0.15, 0.2) is 0 Å². The molecule has 1 atom stereocenters. The molecule has 1 aromatic heterocycles. The number of nitrogens with zero attached hydrogens (tertiary/aromatic N) is 3. The van der Waals surface area contributed by atoms with Crippen molar-refractivity contribution in [3.63, 3.8) is 0 Å². The van der Waals surface area contributed by atoms with Gasteiger partial charge in [0, 0.05) is 5.69 Å². The van der Waals surface area contributed by atoms with Crippen LogP contribution >= 0.6 is 0 Å². The molecule has 1 aromatic carbocycles. The summed E-state index contributed by atoms with van der Waals surface area (Å²) >= 11 is 0. The first kappa shape index (κ1) is 13.7. The van der Waals surface area contributed by atoms with Gasteiger partial charge in [0.05, 0.1) is 17.4 Å². The SMILES string of the molecule is CC(Cn1cc([N+](=O)[O-])cn1)C(=O)Nc1ccccc1. The molecule has 1 heterocycles. The minimum Gasteiger partial charge on any atom is -0.326 e. The molecule has 7 nitrogen and oxygen atoms in total. The largest absolute Gasteiger partial charge is 0.326 e. The molecule has 0 aliphatic heterocycles. The molecule has 104 valence electrons. The quantitative estimate of drug-likeness (QED) is 0.667. The highest BCUT2D eigenvalue weighted by atomic mass is 16.6. The number of carbonyl (C=O) groups is 1. The van der Waals surface area contributed by atoms with Crippen LogP contribution < -0.4 is 5.32 Å². The van der Waals surface area contributed by atoms with Crippen LogP contribution in [0.15, 0.2) is 42.7 Å². The van der Waals surface area contributed by atoms with E-state index in [1.54, 1.807) is 19.1 Å². The molecule has 0 bridgehead atoms. The number of benzene rings is 1. The number of hydrogen-bond acceptors (Lipinski definition) is 4. The van der Waals surface area contributed by atoms with E-state index >= 15 is 0 Å². The lowest BCUT2D eigenvalue weighted by atomic mass is 10.1. The topological polar surface area (TPSA) is 90.1 Å². The normalized spacial score (nSPS) is 11.8. The van der Waals surface area contributed by atoms with Gasteiger partial charge in [0.25, 0.3) is 0 Å². The Balaban J connectivity index is 1.95. The van der Waals surface area contributed by atoms with Gasteiger partial charge in [-0.15, -0.1) is 0 Å². The second-order valence-corrected chi connectivity index (χ2v) is 4.43. The van der Waals surface area contributed by atoms with Gasteiger partial charge in [-0.2, -0.15) is 5.10 Å². The Bertz CT molecular complexity index is 609. The predicted octanol–water partition coefficient (Wildman–Crippen LogP) is 2.07. The van der Waals surface area contributed by atoms with Crippen molar-refractivity contribution in [3.05, 3.63) is 52.8 Å². The van der Waals surface area contributed by atoms with Gasteiger partial charge in [-0.1, -0.05) is 25.1 Å². The Morgan fingerprint density at radius 1 is 1.45 bits per heavy atom. The van der Waals surface area contributed by atoms with Crippen molar-refractivity contribution in [1.82, 2.24) is 9.78 Å². The Kier molecular flexibility index (Phi) is 4.09. The summed E-state index contributed by atoms with van der Waals surface area (Å²) in [5, 5.41) is 17.2. The molecule has 0 saturated carbocycles. The maximum absolute atomic E-state index is 12.0. The summed E-state index contributed by atoms with van der Waals surface area (Å²) in [6, 6.07) is 9.11. The summed E-state index contributed by atoms with van der Waals surface area (Å²) < 4.78 is 1.40. The van der Waals surface area contributed by atoms with E-state index in [0.29, 0.717) is 0 Å². The lowest BCUT2D eigenvalue weighted by Crippen LogP contribution is -2.24. The highest BCUT2D eigenvalue weighted by Crippen LogP contribution is 2.12. The maximum atomic E-state index is 12.0. The number of nitro groups is 1. The van der Waals surface area contributed by atoms with Gasteiger partial charge in [-0.25, -0.2) is 0 Å². The third-order valence-corrected chi connectivity index (χ3v) is 2.78. The van der Waals surface area contributed by atoms with Crippen molar-refractivity contribution >= 4 is 17.3 Å². The summed E-state index contributed by atoms with van der Waals surface area (Å²) in [4.78, 5) is 22.0. The van der Waals surface area contributed by atoms with Crippen LogP contribution in [0.5, 0.6) is 0 Å². The summed E-state index contributed by atoms with van der Waals surface area (Å²) in [5.41, 5.74) is 0.636. The maximum Gasteiger partial charge on any atom is 0.306 e. The number of hydrogen-bond donors (Lipinski definition) is 1. The van der Waals surface area contributed by atoms with Crippen molar-refractivity contribution in [2.75, 3.05) is 5.32 Å². The van der Waals surface area contributed by atoms with E-state index in [2.05, 4.69) is 10.4 Å². The highest BCUT2D eigenvalue weighted by Gasteiger charge is 2.16. The Hall–Kier alpha value is -2.70. The van der Waals surface area contributed by atoms with Gasteiger partial charge in [0.1, 0.15) is 12.4 Å². The zero-order chi connectivity index (χ0) is 14.5. The molecule has 1 unspecified atom stereocenters. The number of carbonyl (C=O) groups excluding carboxylic acids is 1. The molecule has 2 rings (SSSR count). The van der Waals surface area contributed by atoms with Crippen LogP contribution in [0.3, 0.4) is 0 Å². The number of nitrogens with one attached hydrogen (secondary N) is 1. The number of para-hydroxylation sites is 1. The summed E-state index contributed by atoms with van der Waals surface area (Å²) in [5.74, 6) is -0.510. The fourth-order valence-electron chi connectivity index (χ4n) is 1.70. The summed E-state index contributed by atoms with van der Waals surface area (Å²) in [6.07, 6.45) is 2.48. The van der Waals surface area contributed by atoms with E-state index in [1.165, 1.54) is 17.1 Å². The molecule has 0 saturated heterocycles. The molecular weight excluding hydrogens is 260 g/mol. The van der Waals surface area contributed by atoms with E-state index in [-0.39, 0.29) is 24.1 Å². The van der Waals surface area contributed by atoms with Crippen molar-refractivity contribution < 1.29 is 9.72 Å². The van der Waals surface area contributed by atoms with E-state index in [9.17, 15) is 14.9 Å². The standard InChI is InChI=1S/C13H14N4O3/c1-10(8-16-9-12(7-14-16)17(19)20)13(18)15-11-5-3-2-4-6-11/h2-7,9-10H,8H2,1H3,(H,15,18). The van der Waals surface area contributed by atoms with Crippen LogP contribution in [0, 0.1) is 16.0 Å². The lowest BCUT2D eigenvalue weighted by molar-refractivity contribution is -0.385. The number of anilines is 1. The molecule has 20 heavy (non-hydrogen) atoms.